The summed E-state index contributed by atoms with van der Waals surface area (Å²) in [4.78, 5) is 18.9. The van der Waals surface area contributed by atoms with Crippen LogP contribution in [0.1, 0.15) is 50.1 Å². The number of hydrazine groups is 1. The zero-order chi connectivity index (χ0) is 27.0. The largest absolute Gasteiger partial charge is 0.416 e. The lowest BCUT2D eigenvalue weighted by Crippen LogP contribution is -2.57. The normalized spacial score (nSPS) is 22.9. The Morgan fingerprint density at radius 2 is 1.89 bits per heavy atom. The van der Waals surface area contributed by atoms with Gasteiger partial charge in [0, 0.05) is 38.3 Å². The molecule has 38 heavy (non-hydrogen) atoms. The minimum absolute atomic E-state index is 0.0830. The topological polar surface area (TPSA) is 97.4 Å². The van der Waals surface area contributed by atoms with Crippen LogP contribution < -0.4 is 16.2 Å². The second kappa shape index (κ2) is 10.7. The predicted octanol–water partition coefficient (Wildman–Crippen LogP) is 4.11. The minimum atomic E-state index is -4.33. The molecular weight excluding hydrogens is 497 g/mol. The molecule has 5 rings (SSSR count). The number of piperazine rings is 1. The molecule has 3 N–H and O–H groups in total. The smallest absolute Gasteiger partial charge is 0.376 e. The minimum Gasteiger partial charge on any atom is -0.376 e. The highest BCUT2D eigenvalue weighted by Gasteiger charge is 2.34. The van der Waals surface area contributed by atoms with E-state index in [0.29, 0.717) is 25.6 Å². The monoisotopic (exact) mass is 532 g/mol. The summed E-state index contributed by atoms with van der Waals surface area (Å²) in [6.45, 7) is 9.69. The van der Waals surface area contributed by atoms with E-state index in [-0.39, 0.29) is 18.2 Å². The molecule has 0 bridgehead atoms. The first kappa shape index (κ1) is 26.6. The number of fused-ring (bicyclic) bond motifs is 1. The van der Waals surface area contributed by atoms with E-state index in [1.54, 1.807) is 12.1 Å². The Morgan fingerprint density at radius 3 is 2.53 bits per heavy atom. The van der Waals surface area contributed by atoms with Gasteiger partial charge in [0.2, 0.25) is 5.95 Å². The molecule has 1 aromatic carbocycles. The molecule has 2 aliphatic heterocycles. The van der Waals surface area contributed by atoms with Crippen LogP contribution in [0, 0.1) is 6.92 Å². The van der Waals surface area contributed by atoms with E-state index in [4.69, 9.17) is 20.5 Å². The lowest BCUT2D eigenvalue weighted by molar-refractivity contribution is -0.137. The zero-order valence-corrected chi connectivity index (χ0v) is 22.0. The van der Waals surface area contributed by atoms with Crippen LogP contribution in [0.5, 0.6) is 0 Å². The van der Waals surface area contributed by atoms with Crippen LogP contribution in [0.25, 0.3) is 11.2 Å². The number of ether oxygens (including phenoxy) is 1. The quantitative estimate of drug-likeness (QED) is 0.347. The molecule has 0 spiro atoms. The number of hydrogen-bond acceptors (Lipinski definition) is 8. The summed E-state index contributed by atoms with van der Waals surface area (Å²) in [6, 6.07) is 5.73. The van der Waals surface area contributed by atoms with Crippen molar-refractivity contribution in [3.05, 3.63) is 41.2 Å². The average molecular weight is 533 g/mol. The molecule has 0 amide bonds. The van der Waals surface area contributed by atoms with E-state index in [2.05, 4.69) is 38.6 Å². The van der Waals surface area contributed by atoms with Crippen LogP contribution in [0.4, 0.5) is 24.9 Å². The van der Waals surface area contributed by atoms with Gasteiger partial charge in [-0.25, -0.2) is 10.8 Å². The molecule has 2 aliphatic rings. The summed E-state index contributed by atoms with van der Waals surface area (Å²) in [6.07, 6.45) is -1.25. The second-order valence-electron chi connectivity index (χ2n) is 10.3. The van der Waals surface area contributed by atoms with E-state index in [0.717, 1.165) is 72.9 Å². The van der Waals surface area contributed by atoms with Gasteiger partial charge in [0.1, 0.15) is 5.82 Å². The number of benzene rings is 1. The number of nitrogens with one attached hydrogen (secondary N) is 1. The molecule has 2 aromatic heterocycles. The van der Waals surface area contributed by atoms with E-state index in [1.165, 1.54) is 0 Å². The second-order valence-corrected chi connectivity index (χ2v) is 10.3. The highest BCUT2D eigenvalue weighted by atomic mass is 19.4. The van der Waals surface area contributed by atoms with Gasteiger partial charge >= 0.3 is 6.18 Å². The van der Waals surface area contributed by atoms with E-state index < -0.39 is 11.7 Å². The molecule has 206 valence electrons. The van der Waals surface area contributed by atoms with Crippen molar-refractivity contribution < 1.29 is 17.9 Å². The van der Waals surface area contributed by atoms with E-state index in [1.807, 2.05) is 6.92 Å². The van der Waals surface area contributed by atoms with Gasteiger partial charge in [0.25, 0.3) is 0 Å². The molecule has 12 heteroatoms. The number of nitrogen functional groups attached to an aromatic ring is 1. The summed E-state index contributed by atoms with van der Waals surface area (Å²) in [5.74, 6) is 7.68. The number of alkyl halides is 3. The molecule has 2 fully saturated rings. The maximum absolute atomic E-state index is 13.0. The van der Waals surface area contributed by atoms with E-state index >= 15 is 0 Å². The first-order valence-corrected chi connectivity index (χ1v) is 13.2. The van der Waals surface area contributed by atoms with Gasteiger partial charge in [-0.3, -0.25) is 10.3 Å². The van der Waals surface area contributed by atoms with Crippen molar-refractivity contribution in [1.29, 1.82) is 0 Å². The predicted molar refractivity (Wildman–Crippen MR) is 140 cm³/mol. The number of nitrogens with zero attached hydrogens (tertiary/aromatic N) is 6. The number of anilines is 2. The van der Waals surface area contributed by atoms with E-state index in [9.17, 15) is 13.2 Å². The van der Waals surface area contributed by atoms with Crippen molar-refractivity contribution in [1.82, 2.24) is 24.4 Å². The molecular formula is C26H35F3N8O. The van der Waals surface area contributed by atoms with Gasteiger partial charge in [-0.05, 0) is 50.8 Å². The summed E-state index contributed by atoms with van der Waals surface area (Å²) in [5, 5.41) is 0. The molecule has 0 unspecified atom stereocenters. The van der Waals surface area contributed by atoms with Crippen LogP contribution in [0.15, 0.2) is 24.3 Å². The van der Waals surface area contributed by atoms with Crippen LogP contribution in [0.2, 0.25) is 0 Å². The Hall–Kier alpha value is -2.96. The number of rotatable bonds is 7. The number of halogens is 3. The third-order valence-electron chi connectivity index (χ3n) is 7.67. The Kier molecular flexibility index (Phi) is 7.47. The van der Waals surface area contributed by atoms with Crippen molar-refractivity contribution in [2.75, 3.05) is 30.0 Å². The number of aromatic nitrogens is 4. The Morgan fingerprint density at radius 1 is 1.13 bits per heavy atom. The van der Waals surface area contributed by atoms with Crippen LogP contribution in [-0.4, -0.2) is 62.3 Å². The Labute approximate surface area is 220 Å². The van der Waals surface area contributed by atoms with Crippen molar-refractivity contribution in [3.8, 4) is 0 Å². The van der Waals surface area contributed by atoms with Gasteiger partial charge in [-0.1, -0.05) is 19.1 Å². The summed E-state index contributed by atoms with van der Waals surface area (Å²) < 4.78 is 46.9. The third-order valence-corrected chi connectivity index (χ3v) is 7.67. The highest BCUT2D eigenvalue weighted by molar-refractivity contribution is 5.85. The first-order chi connectivity index (χ1) is 18.2. The Balaban J connectivity index is 1.41. The number of hydrogen-bond donors (Lipinski definition) is 2. The fraction of sp³-hybridized carbons (Fsp3) is 0.577. The highest BCUT2D eigenvalue weighted by Crippen LogP contribution is 2.33. The molecule has 2 saturated heterocycles. The molecule has 4 heterocycles. The summed E-state index contributed by atoms with van der Waals surface area (Å²) in [7, 11) is 0. The van der Waals surface area contributed by atoms with Crippen molar-refractivity contribution in [2.24, 2.45) is 5.84 Å². The van der Waals surface area contributed by atoms with Gasteiger partial charge in [-0.2, -0.15) is 23.1 Å². The lowest BCUT2D eigenvalue weighted by atomic mass is 10.0. The molecule has 9 nitrogen and oxygen atoms in total. The molecule has 0 saturated carbocycles. The molecule has 3 aromatic rings. The SMILES string of the molecule is CC[C@@H]1CN(c2nc(NN)nc3c2nc(C)n3C[C@@H]2CCCO2)[C@@H](C)CN1Cc1ccc(C(F)(F)F)cc1. The van der Waals surface area contributed by atoms with Gasteiger partial charge in [0.15, 0.2) is 17.0 Å². The van der Waals surface area contributed by atoms with Crippen molar-refractivity contribution >= 4 is 22.9 Å². The fourth-order valence-electron chi connectivity index (χ4n) is 5.59. The summed E-state index contributed by atoms with van der Waals surface area (Å²) in [5.41, 5.74) is 4.31. The van der Waals surface area contributed by atoms with Crippen LogP contribution in [-0.2, 0) is 24.0 Å². The molecule has 3 atom stereocenters. The Bertz CT molecular complexity index is 1260. The fourth-order valence-corrected chi connectivity index (χ4v) is 5.59. The maximum Gasteiger partial charge on any atom is 0.416 e. The average Bonchev–Trinajstić information content (AvgIpc) is 3.51. The lowest BCUT2D eigenvalue weighted by Gasteiger charge is -2.45. The first-order valence-electron chi connectivity index (χ1n) is 13.2. The number of aryl methyl sites for hydroxylation is 1. The van der Waals surface area contributed by atoms with Crippen LogP contribution >= 0.6 is 0 Å². The maximum atomic E-state index is 13.0. The summed E-state index contributed by atoms with van der Waals surface area (Å²) >= 11 is 0. The molecule has 0 radical (unpaired) electrons. The van der Waals surface area contributed by atoms with Crippen molar-refractivity contribution in [3.63, 3.8) is 0 Å². The van der Waals surface area contributed by atoms with Gasteiger partial charge < -0.3 is 14.2 Å². The number of imidazole rings is 1. The van der Waals surface area contributed by atoms with Crippen molar-refractivity contribution in [2.45, 2.75) is 77.5 Å². The van der Waals surface area contributed by atoms with Gasteiger partial charge in [0.05, 0.1) is 18.2 Å². The third kappa shape index (κ3) is 5.29. The van der Waals surface area contributed by atoms with Crippen LogP contribution in [0.3, 0.4) is 0 Å². The number of nitrogens with two attached hydrogens (primary N) is 1. The van der Waals surface area contributed by atoms with Gasteiger partial charge in [-0.15, -0.1) is 0 Å². The zero-order valence-electron chi connectivity index (χ0n) is 22.0. The molecule has 0 aliphatic carbocycles. The standard InChI is InChI=1S/C26H35F3N8O/c1-4-20-14-36(16(2)12-35(20)13-18-7-9-19(10-8-18)26(27,28)29)23-22-24(33-25(32-23)34-30)37(17(3)31-22)15-21-6-5-11-38-21/h7-10,16,20-21H,4-6,11-15,30H2,1-3H3,(H,32,33,34)/t16-,20+,21-/m0/s1.